The van der Waals surface area contributed by atoms with E-state index in [4.69, 9.17) is 0 Å². The highest BCUT2D eigenvalue weighted by molar-refractivity contribution is 7.92. The number of nitrogens with zero attached hydrogens (tertiary/aromatic N) is 5. The lowest BCUT2D eigenvalue weighted by atomic mass is 10.0. The standard InChI is InChI=1S/C24H23F6N5O4S2/c1-33(17-7-9-34(10-8-17)13-16-5-3-2-4-6-16)19-12-31-21(11-18(19)23(25,26)27)41(37,38)35(20-14-40-15-32-20)39-22(36)24(28,29)30/h2-6,11-12,14-15,17H,7-10,13H2,1H3. The largest absolute Gasteiger partial charge is 0.493 e. The lowest BCUT2D eigenvalue weighted by molar-refractivity contribution is -0.199. The zero-order valence-corrected chi connectivity index (χ0v) is 22.9. The summed E-state index contributed by atoms with van der Waals surface area (Å²) in [5.74, 6) is -3.69. The van der Waals surface area contributed by atoms with Crippen LogP contribution in [0.15, 0.2) is 58.5 Å². The first-order chi connectivity index (χ1) is 19.2. The molecule has 1 saturated heterocycles. The van der Waals surface area contributed by atoms with E-state index in [1.807, 2.05) is 30.3 Å². The van der Waals surface area contributed by atoms with E-state index in [0.29, 0.717) is 38.7 Å². The second kappa shape index (κ2) is 11.8. The summed E-state index contributed by atoms with van der Waals surface area (Å²) >= 11 is 0.743. The Kier molecular flexibility index (Phi) is 8.79. The number of pyridine rings is 1. The molecule has 222 valence electrons. The average Bonchev–Trinajstić information content (AvgIpc) is 3.45. The fourth-order valence-corrected chi connectivity index (χ4v) is 6.02. The molecular formula is C24H23F6N5O4S2. The van der Waals surface area contributed by atoms with Crippen LogP contribution in [0.1, 0.15) is 24.0 Å². The first-order valence-electron chi connectivity index (χ1n) is 12.0. The van der Waals surface area contributed by atoms with E-state index >= 15 is 0 Å². The van der Waals surface area contributed by atoms with Crippen LogP contribution in [0.5, 0.6) is 0 Å². The van der Waals surface area contributed by atoms with Gasteiger partial charge in [0.15, 0.2) is 10.8 Å². The van der Waals surface area contributed by atoms with Crippen LogP contribution in [0.2, 0.25) is 0 Å². The number of sulfonamides is 1. The molecule has 0 N–H and O–H groups in total. The summed E-state index contributed by atoms with van der Waals surface area (Å²) in [6, 6.07) is 9.57. The summed E-state index contributed by atoms with van der Waals surface area (Å²) in [6.45, 7) is 1.91. The zero-order chi connectivity index (χ0) is 30.0. The molecule has 2 aromatic heterocycles. The Balaban J connectivity index is 1.59. The van der Waals surface area contributed by atoms with Gasteiger partial charge in [-0.15, -0.1) is 11.3 Å². The number of hydrogen-bond donors (Lipinski definition) is 0. The second-order valence-corrected chi connectivity index (χ2v) is 11.5. The molecule has 0 radical (unpaired) electrons. The van der Waals surface area contributed by atoms with Crippen molar-refractivity contribution in [3.8, 4) is 0 Å². The molecule has 3 aromatic rings. The van der Waals surface area contributed by atoms with Gasteiger partial charge < -0.3 is 9.74 Å². The third-order valence-electron chi connectivity index (χ3n) is 6.38. The van der Waals surface area contributed by atoms with Crippen LogP contribution in [0, 0.1) is 0 Å². The first-order valence-corrected chi connectivity index (χ1v) is 14.3. The fourth-order valence-electron chi connectivity index (χ4n) is 4.31. The molecule has 1 fully saturated rings. The molecule has 0 amide bonds. The van der Waals surface area contributed by atoms with Gasteiger partial charge in [0.05, 0.1) is 23.0 Å². The van der Waals surface area contributed by atoms with Crippen LogP contribution < -0.4 is 9.37 Å². The maximum absolute atomic E-state index is 14.2. The number of rotatable bonds is 8. The minimum absolute atomic E-state index is 0.201. The average molecular weight is 624 g/mol. The molecule has 1 aliphatic rings. The molecule has 0 unspecified atom stereocenters. The summed E-state index contributed by atoms with van der Waals surface area (Å²) in [4.78, 5) is 26.1. The van der Waals surface area contributed by atoms with Crippen LogP contribution in [0.3, 0.4) is 0 Å². The minimum atomic E-state index is -5.60. The van der Waals surface area contributed by atoms with Crippen molar-refractivity contribution >= 4 is 38.8 Å². The lowest BCUT2D eigenvalue weighted by Gasteiger charge is -2.38. The number of hydrogen-bond acceptors (Lipinski definition) is 9. The van der Waals surface area contributed by atoms with Crippen LogP contribution in [-0.4, -0.2) is 61.6 Å². The van der Waals surface area contributed by atoms with E-state index in [0.717, 1.165) is 27.8 Å². The van der Waals surface area contributed by atoms with Crippen molar-refractivity contribution in [1.29, 1.82) is 0 Å². The van der Waals surface area contributed by atoms with Gasteiger partial charge in [-0.3, -0.25) is 4.90 Å². The number of carbonyl (C=O) groups is 1. The molecule has 17 heteroatoms. The van der Waals surface area contributed by atoms with Gasteiger partial charge in [0, 0.05) is 38.1 Å². The summed E-state index contributed by atoms with van der Waals surface area (Å²) in [7, 11) is -3.93. The molecule has 9 nitrogen and oxygen atoms in total. The van der Waals surface area contributed by atoms with E-state index in [9.17, 15) is 39.6 Å². The third kappa shape index (κ3) is 7.08. The molecule has 0 saturated carbocycles. The van der Waals surface area contributed by atoms with Gasteiger partial charge >= 0.3 is 28.3 Å². The minimum Gasteiger partial charge on any atom is -0.370 e. The van der Waals surface area contributed by atoms with Crippen LogP contribution in [0.25, 0.3) is 0 Å². The Morgan fingerprint density at radius 2 is 1.76 bits per heavy atom. The molecule has 0 aliphatic carbocycles. The third-order valence-corrected chi connectivity index (χ3v) is 8.41. The number of halogens is 6. The molecule has 1 aliphatic heterocycles. The van der Waals surface area contributed by atoms with E-state index in [1.54, 1.807) is 0 Å². The molecule has 0 bridgehead atoms. The fraction of sp³-hybridized carbons (Fsp3) is 0.375. The summed E-state index contributed by atoms with van der Waals surface area (Å²) < 4.78 is 107. The number of thiazole rings is 1. The zero-order valence-electron chi connectivity index (χ0n) is 21.3. The molecule has 41 heavy (non-hydrogen) atoms. The van der Waals surface area contributed by atoms with Gasteiger partial charge in [-0.05, 0) is 24.5 Å². The van der Waals surface area contributed by atoms with E-state index < -0.39 is 54.9 Å². The van der Waals surface area contributed by atoms with Gasteiger partial charge in [0.1, 0.15) is 0 Å². The normalized spacial score (nSPS) is 15.5. The molecule has 3 heterocycles. The van der Waals surface area contributed by atoms with Crippen molar-refractivity contribution in [3.63, 3.8) is 0 Å². The number of benzene rings is 1. The smallest absolute Gasteiger partial charge is 0.370 e. The number of carbonyl (C=O) groups excluding carboxylic acids is 1. The lowest BCUT2D eigenvalue weighted by Crippen LogP contribution is -2.43. The Morgan fingerprint density at radius 1 is 1.10 bits per heavy atom. The Hall–Kier alpha value is -3.44. The highest BCUT2D eigenvalue weighted by Crippen LogP contribution is 2.39. The number of anilines is 2. The summed E-state index contributed by atoms with van der Waals surface area (Å²) in [5, 5.41) is -0.360. The predicted octanol–water partition coefficient (Wildman–Crippen LogP) is 4.87. The highest BCUT2D eigenvalue weighted by atomic mass is 32.2. The summed E-state index contributed by atoms with van der Waals surface area (Å²) in [6.07, 6.45) is -8.93. The van der Waals surface area contributed by atoms with Crippen molar-refractivity contribution in [2.45, 2.75) is 42.8 Å². The highest BCUT2D eigenvalue weighted by Gasteiger charge is 2.46. The van der Waals surface area contributed by atoms with Crippen molar-refractivity contribution < 1.29 is 44.4 Å². The molecule has 1 aromatic carbocycles. The van der Waals surface area contributed by atoms with Crippen LogP contribution >= 0.6 is 11.3 Å². The molecule has 4 rings (SSSR count). The maximum Gasteiger partial charge on any atom is 0.493 e. The van der Waals surface area contributed by atoms with Crippen molar-refractivity contribution in [3.05, 3.63) is 64.6 Å². The van der Waals surface area contributed by atoms with Crippen molar-refractivity contribution in [2.75, 3.05) is 29.5 Å². The predicted molar refractivity (Wildman–Crippen MR) is 136 cm³/mol. The molecule has 0 atom stereocenters. The van der Waals surface area contributed by atoms with Gasteiger partial charge in [0.2, 0.25) is 0 Å². The second-order valence-electron chi connectivity index (χ2n) is 9.10. The monoisotopic (exact) mass is 623 g/mol. The van der Waals surface area contributed by atoms with Gasteiger partial charge in [-0.1, -0.05) is 34.8 Å². The summed E-state index contributed by atoms with van der Waals surface area (Å²) in [5.41, 5.74) is 0.343. The molecular weight excluding hydrogens is 600 g/mol. The number of aromatic nitrogens is 2. The number of piperidine rings is 1. The first kappa shape index (κ1) is 30.5. The number of likely N-dealkylation sites (tertiary alicyclic amines) is 1. The van der Waals surface area contributed by atoms with E-state index in [-0.39, 0.29) is 12.1 Å². The van der Waals surface area contributed by atoms with Crippen LogP contribution in [-0.2, 0) is 32.4 Å². The van der Waals surface area contributed by atoms with E-state index in [2.05, 4.69) is 19.7 Å². The topological polar surface area (TPSA) is 95.9 Å². The number of alkyl halides is 6. The van der Waals surface area contributed by atoms with Gasteiger partial charge in [-0.25, -0.2) is 14.8 Å². The SMILES string of the molecule is CN(c1cnc(S(=O)(=O)N(OC(=O)C(F)(F)F)c2cscn2)cc1C(F)(F)F)C1CCN(Cc2ccccc2)CC1. The van der Waals surface area contributed by atoms with Gasteiger partial charge in [-0.2, -0.15) is 34.8 Å². The van der Waals surface area contributed by atoms with E-state index in [1.165, 1.54) is 11.9 Å². The van der Waals surface area contributed by atoms with Gasteiger partial charge in [0.25, 0.3) is 0 Å². The Labute approximate surface area is 235 Å². The van der Waals surface area contributed by atoms with Crippen LogP contribution in [0.4, 0.5) is 37.8 Å². The maximum atomic E-state index is 14.2. The van der Waals surface area contributed by atoms with Crippen molar-refractivity contribution in [2.24, 2.45) is 0 Å². The Bertz CT molecular complexity index is 1450. The quantitative estimate of drug-likeness (QED) is 0.259. The Morgan fingerprint density at radius 3 is 2.32 bits per heavy atom. The molecule has 0 spiro atoms. The van der Waals surface area contributed by atoms with Crippen molar-refractivity contribution in [1.82, 2.24) is 14.9 Å².